The molecule has 0 heterocycles. The maximum absolute atomic E-state index is 11.6. The molecule has 0 spiro atoms. The quantitative estimate of drug-likeness (QED) is 0.505. The van der Waals surface area contributed by atoms with Gasteiger partial charge in [0.25, 0.3) is 0 Å². The summed E-state index contributed by atoms with van der Waals surface area (Å²) in [6.07, 6.45) is 7.35. The number of carbonyl (C=O) groups excluding carboxylic acids is 1. The third kappa shape index (κ3) is 6.46. The highest BCUT2D eigenvalue weighted by Crippen LogP contribution is 2.32. The fraction of sp³-hybridized carbons (Fsp3) is 0.933. The van der Waals surface area contributed by atoms with Gasteiger partial charge in [-0.15, -0.1) is 0 Å². The van der Waals surface area contributed by atoms with Crippen LogP contribution in [0.3, 0.4) is 0 Å². The Labute approximate surface area is 127 Å². The van der Waals surface area contributed by atoms with Crippen molar-refractivity contribution < 1.29 is 14.6 Å². The molecule has 1 aliphatic carbocycles. The molecule has 0 atom stereocenters. The lowest BCUT2D eigenvalue weighted by atomic mass is 9.79. The van der Waals surface area contributed by atoms with Crippen LogP contribution in [-0.2, 0) is 9.53 Å². The van der Waals surface area contributed by atoms with E-state index in [1.807, 2.05) is 18.7 Å². The van der Waals surface area contributed by atoms with E-state index in [9.17, 15) is 9.90 Å². The van der Waals surface area contributed by atoms with Gasteiger partial charge in [0.15, 0.2) is 0 Å². The van der Waals surface area contributed by atoms with Crippen molar-refractivity contribution in [2.24, 2.45) is 5.92 Å². The molecule has 0 radical (unpaired) electrons. The average Bonchev–Trinajstić information content (AvgIpc) is 2.44. The van der Waals surface area contributed by atoms with Gasteiger partial charge < -0.3 is 15.2 Å². The van der Waals surface area contributed by atoms with E-state index in [1.165, 1.54) is 12.2 Å². The van der Waals surface area contributed by atoms with Crippen molar-refractivity contribution in [3.8, 4) is 0 Å². The lowest BCUT2D eigenvalue weighted by molar-refractivity contribution is -0.151. The summed E-state index contributed by atoms with van der Waals surface area (Å²) in [5, 5.41) is 13.8. The molecule has 1 rings (SSSR count). The van der Waals surface area contributed by atoms with Crippen LogP contribution in [0.2, 0.25) is 0 Å². The van der Waals surface area contributed by atoms with Crippen molar-refractivity contribution in [2.45, 2.75) is 51.0 Å². The first-order chi connectivity index (χ1) is 9.61. The number of ether oxygens (including phenoxy) is 1. The normalized spacial score (nSPS) is 26.4. The number of unbranched alkanes of at least 4 members (excludes halogenated alkanes) is 1. The van der Waals surface area contributed by atoms with Gasteiger partial charge in [-0.3, -0.25) is 4.79 Å². The molecule has 0 aromatic rings. The zero-order valence-electron chi connectivity index (χ0n) is 12.8. The molecule has 4 nitrogen and oxygen atoms in total. The van der Waals surface area contributed by atoms with Gasteiger partial charge in [-0.25, -0.2) is 0 Å². The number of carbonyl (C=O) groups is 1. The fourth-order valence-electron chi connectivity index (χ4n) is 2.65. The Hall–Kier alpha value is -0.260. The molecule has 1 fully saturated rings. The zero-order chi connectivity index (χ0) is 14.8. The van der Waals surface area contributed by atoms with Crippen LogP contribution in [0.4, 0.5) is 0 Å². The Bertz CT molecular complexity index is 278. The number of aliphatic hydroxyl groups is 1. The summed E-state index contributed by atoms with van der Waals surface area (Å²) in [7, 11) is 0. The maximum atomic E-state index is 11.6. The topological polar surface area (TPSA) is 58.6 Å². The summed E-state index contributed by atoms with van der Waals surface area (Å²) in [6, 6.07) is 0. The number of nitrogens with one attached hydrogen (secondary N) is 1. The average molecular weight is 303 g/mol. The summed E-state index contributed by atoms with van der Waals surface area (Å²) in [6.45, 7) is 3.88. The highest BCUT2D eigenvalue weighted by molar-refractivity contribution is 7.98. The Morgan fingerprint density at radius 1 is 1.40 bits per heavy atom. The molecule has 5 heteroatoms. The van der Waals surface area contributed by atoms with Gasteiger partial charge in [-0.2, -0.15) is 11.8 Å². The van der Waals surface area contributed by atoms with E-state index in [2.05, 4.69) is 11.6 Å². The smallest absolute Gasteiger partial charge is 0.308 e. The highest BCUT2D eigenvalue weighted by Gasteiger charge is 2.35. The second kappa shape index (κ2) is 9.64. The summed E-state index contributed by atoms with van der Waals surface area (Å²) in [5.74, 6) is 1.09. The fourth-order valence-corrected chi connectivity index (χ4v) is 3.14. The van der Waals surface area contributed by atoms with Crippen molar-refractivity contribution >= 4 is 17.7 Å². The molecule has 1 saturated carbocycles. The Kier molecular flexibility index (Phi) is 8.57. The number of rotatable bonds is 9. The van der Waals surface area contributed by atoms with E-state index in [0.717, 1.165) is 25.8 Å². The SMILES string of the molecule is CCOC(=O)C1CCC(O)(CNCCCCSC)CC1. The van der Waals surface area contributed by atoms with Gasteiger partial charge in [0.1, 0.15) is 0 Å². The first-order valence-corrected chi connectivity index (χ1v) is 9.09. The third-order valence-electron chi connectivity index (χ3n) is 3.94. The summed E-state index contributed by atoms with van der Waals surface area (Å²) >= 11 is 1.87. The Balaban J connectivity index is 2.16. The maximum Gasteiger partial charge on any atom is 0.308 e. The molecule has 0 saturated heterocycles. The molecule has 0 bridgehead atoms. The molecule has 0 aromatic carbocycles. The minimum atomic E-state index is -0.636. The van der Waals surface area contributed by atoms with Crippen LogP contribution in [0.1, 0.15) is 45.4 Å². The minimum absolute atomic E-state index is 0.0168. The van der Waals surface area contributed by atoms with E-state index in [4.69, 9.17) is 4.74 Å². The Morgan fingerprint density at radius 2 is 2.10 bits per heavy atom. The zero-order valence-corrected chi connectivity index (χ0v) is 13.6. The van der Waals surface area contributed by atoms with Crippen molar-refractivity contribution in [1.82, 2.24) is 5.32 Å². The summed E-state index contributed by atoms with van der Waals surface area (Å²) in [5.41, 5.74) is -0.636. The molecular formula is C15H29NO3S. The van der Waals surface area contributed by atoms with Crippen LogP contribution < -0.4 is 5.32 Å². The number of esters is 1. The van der Waals surface area contributed by atoms with Crippen molar-refractivity contribution in [2.75, 3.05) is 31.7 Å². The summed E-state index contributed by atoms with van der Waals surface area (Å²) in [4.78, 5) is 11.6. The molecular weight excluding hydrogens is 274 g/mol. The lowest BCUT2D eigenvalue weighted by Crippen LogP contribution is -2.44. The van der Waals surface area contributed by atoms with E-state index < -0.39 is 5.60 Å². The van der Waals surface area contributed by atoms with Crippen LogP contribution in [0.25, 0.3) is 0 Å². The monoisotopic (exact) mass is 303 g/mol. The van der Waals surface area contributed by atoms with Crippen molar-refractivity contribution in [3.63, 3.8) is 0 Å². The van der Waals surface area contributed by atoms with Gasteiger partial charge in [0.05, 0.1) is 18.1 Å². The number of thioether (sulfide) groups is 1. The number of hydrogen-bond acceptors (Lipinski definition) is 5. The van der Waals surface area contributed by atoms with Crippen LogP contribution in [0.15, 0.2) is 0 Å². The standard InChI is InChI=1S/C15H29NO3S/c1-3-19-14(17)13-6-8-15(18,9-7-13)12-16-10-4-5-11-20-2/h13,16,18H,3-12H2,1-2H3. The molecule has 118 valence electrons. The van der Waals surface area contributed by atoms with Gasteiger partial charge in [-0.05, 0) is 64.0 Å². The summed E-state index contributed by atoms with van der Waals surface area (Å²) < 4.78 is 5.05. The molecule has 2 N–H and O–H groups in total. The molecule has 0 aliphatic heterocycles. The van der Waals surface area contributed by atoms with Crippen LogP contribution >= 0.6 is 11.8 Å². The molecule has 0 aromatic heterocycles. The highest BCUT2D eigenvalue weighted by atomic mass is 32.2. The first kappa shape index (κ1) is 17.8. The molecule has 0 amide bonds. The second-order valence-electron chi connectivity index (χ2n) is 5.63. The van der Waals surface area contributed by atoms with Crippen molar-refractivity contribution in [1.29, 1.82) is 0 Å². The third-order valence-corrected chi connectivity index (χ3v) is 4.64. The van der Waals surface area contributed by atoms with E-state index in [-0.39, 0.29) is 11.9 Å². The minimum Gasteiger partial charge on any atom is -0.466 e. The van der Waals surface area contributed by atoms with Crippen LogP contribution in [0.5, 0.6) is 0 Å². The number of hydrogen-bond donors (Lipinski definition) is 2. The van der Waals surface area contributed by atoms with Gasteiger partial charge >= 0.3 is 5.97 Å². The van der Waals surface area contributed by atoms with Crippen molar-refractivity contribution in [3.05, 3.63) is 0 Å². The Morgan fingerprint density at radius 3 is 2.70 bits per heavy atom. The van der Waals surface area contributed by atoms with E-state index >= 15 is 0 Å². The van der Waals surface area contributed by atoms with E-state index in [0.29, 0.717) is 26.0 Å². The largest absolute Gasteiger partial charge is 0.466 e. The first-order valence-electron chi connectivity index (χ1n) is 7.70. The van der Waals surface area contributed by atoms with Gasteiger partial charge in [0, 0.05) is 6.54 Å². The lowest BCUT2D eigenvalue weighted by Gasteiger charge is -2.35. The van der Waals surface area contributed by atoms with Gasteiger partial charge in [-0.1, -0.05) is 0 Å². The van der Waals surface area contributed by atoms with Crippen LogP contribution in [-0.4, -0.2) is 48.4 Å². The predicted molar refractivity (Wildman–Crippen MR) is 84.0 cm³/mol. The molecule has 0 unspecified atom stereocenters. The predicted octanol–water partition coefficient (Wildman–Crippen LogP) is 2.20. The van der Waals surface area contributed by atoms with E-state index in [1.54, 1.807) is 0 Å². The van der Waals surface area contributed by atoms with Gasteiger partial charge in [0.2, 0.25) is 0 Å². The van der Waals surface area contributed by atoms with Crippen LogP contribution in [0, 0.1) is 5.92 Å². The molecule has 1 aliphatic rings. The second-order valence-corrected chi connectivity index (χ2v) is 6.61. The molecule has 20 heavy (non-hydrogen) atoms.